The highest BCUT2D eigenvalue weighted by Gasteiger charge is 2.74. The molecule has 3 N–H and O–H groups in total. The lowest BCUT2D eigenvalue weighted by Crippen LogP contribution is -2.65. The first-order chi connectivity index (χ1) is 14.1. The summed E-state index contributed by atoms with van der Waals surface area (Å²) in [4.78, 5) is 26.6. The minimum Gasteiger partial charge on any atom is -0.451 e. The van der Waals surface area contributed by atoms with Crippen LogP contribution in [0.15, 0.2) is 34.9 Å². The molecular formula is C24H32O6. The third-order valence-corrected chi connectivity index (χ3v) is 8.42. The molecule has 0 heterocycles. The van der Waals surface area contributed by atoms with Crippen molar-refractivity contribution in [3.8, 4) is 0 Å². The van der Waals surface area contributed by atoms with Crippen LogP contribution in [0, 0.1) is 35.0 Å². The van der Waals surface area contributed by atoms with E-state index in [9.17, 15) is 24.9 Å². The molecule has 0 aliphatic heterocycles. The molecule has 0 aromatic heterocycles. The number of fused-ring (bicyclic) bond motifs is 3. The number of hydrogen-bond donors (Lipinski definition) is 3. The standard InChI is InChI=1S/C24H32O6/c1-6-11(2)22(28)30-21-12(3)9-23-13(4)7-16-14(5)18(16)17(20(23)27)8-15(10-25)19(26)24(21,23)29/h6,8-9,13-14,16-19,21,25-26,29H,7,10H2,1-5H3. The molecule has 0 aromatic carbocycles. The highest BCUT2D eigenvalue weighted by atomic mass is 16.6. The normalized spacial score (nSPS) is 47.4. The van der Waals surface area contributed by atoms with Crippen LogP contribution in [0.25, 0.3) is 0 Å². The minimum absolute atomic E-state index is 0.141. The molecule has 4 aliphatic carbocycles. The van der Waals surface area contributed by atoms with E-state index in [1.54, 1.807) is 39.0 Å². The van der Waals surface area contributed by atoms with Crippen molar-refractivity contribution in [1.29, 1.82) is 0 Å². The Labute approximate surface area is 177 Å². The first-order valence-electron chi connectivity index (χ1n) is 10.9. The Morgan fingerprint density at radius 3 is 2.63 bits per heavy atom. The molecule has 164 valence electrons. The highest BCUT2D eigenvalue weighted by Crippen LogP contribution is 2.66. The van der Waals surface area contributed by atoms with Crippen LogP contribution in [0.2, 0.25) is 0 Å². The lowest BCUT2D eigenvalue weighted by molar-refractivity contribution is -0.201. The van der Waals surface area contributed by atoms with Gasteiger partial charge in [-0.2, -0.15) is 0 Å². The van der Waals surface area contributed by atoms with E-state index in [2.05, 4.69) is 6.92 Å². The average molecular weight is 417 g/mol. The van der Waals surface area contributed by atoms with E-state index >= 15 is 0 Å². The van der Waals surface area contributed by atoms with Gasteiger partial charge in [-0.1, -0.05) is 32.1 Å². The fourth-order valence-electron chi connectivity index (χ4n) is 6.55. The van der Waals surface area contributed by atoms with Gasteiger partial charge in [0.25, 0.3) is 0 Å². The van der Waals surface area contributed by atoms with Crippen LogP contribution in [0.4, 0.5) is 0 Å². The molecule has 6 heteroatoms. The van der Waals surface area contributed by atoms with Gasteiger partial charge in [0, 0.05) is 11.5 Å². The number of carbonyl (C=O) groups excluding carboxylic acids is 2. The van der Waals surface area contributed by atoms with Gasteiger partial charge in [0.15, 0.2) is 17.5 Å². The second-order valence-electron chi connectivity index (χ2n) is 9.77. The predicted molar refractivity (Wildman–Crippen MR) is 110 cm³/mol. The van der Waals surface area contributed by atoms with Crippen molar-refractivity contribution in [1.82, 2.24) is 0 Å². The van der Waals surface area contributed by atoms with Crippen molar-refractivity contribution in [3.05, 3.63) is 34.9 Å². The lowest BCUT2D eigenvalue weighted by Gasteiger charge is -2.48. The molecular weight excluding hydrogens is 384 g/mol. The smallest absolute Gasteiger partial charge is 0.334 e. The molecule has 9 atom stereocenters. The zero-order chi connectivity index (χ0) is 22.2. The lowest BCUT2D eigenvalue weighted by atomic mass is 9.59. The molecule has 30 heavy (non-hydrogen) atoms. The number of carbonyl (C=O) groups is 2. The molecule has 0 radical (unpaired) electrons. The first-order valence-corrected chi connectivity index (χ1v) is 10.9. The van der Waals surface area contributed by atoms with Crippen molar-refractivity contribution < 1.29 is 29.6 Å². The van der Waals surface area contributed by atoms with Gasteiger partial charge in [-0.25, -0.2) is 4.79 Å². The first kappa shape index (κ1) is 21.5. The molecule has 4 rings (SSSR count). The topological polar surface area (TPSA) is 104 Å². The van der Waals surface area contributed by atoms with Crippen LogP contribution in [0.1, 0.15) is 41.0 Å². The Bertz CT molecular complexity index is 884. The van der Waals surface area contributed by atoms with Gasteiger partial charge < -0.3 is 20.1 Å². The van der Waals surface area contributed by atoms with E-state index in [1.807, 2.05) is 6.92 Å². The summed E-state index contributed by atoms with van der Waals surface area (Å²) in [7, 11) is 0. The van der Waals surface area contributed by atoms with Crippen molar-refractivity contribution in [2.75, 3.05) is 6.61 Å². The summed E-state index contributed by atoms with van der Waals surface area (Å²) in [5, 5.41) is 33.5. The van der Waals surface area contributed by atoms with Crippen molar-refractivity contribution >= 4 is 11.8 Å². The monoisotopic (exact) mass is 416 g/mol. The van der Waals surface area contributed by atoms with Crippen LogP contribution in [-0.2, 0) is 14.3 Å². The Balaban J connectivity index is 1.90. The van der Waals surface area contributed by atoms with Gasteiger partial charge >= 0.3 is 5.97 Å². The van der Waals surface area contributed by atoms with Gasteiger partial charge in [-0.05, 0) is 62.0 Å². The number of rotatable bonds is 3. The van der Waals surface area contributed by atoms with Gasteiger partial charge in [0.1, 0.15) is 6.10 Å². The summed E-state index contributed by atoms with van der Waals surface area (Å²) in [6, 6.07) is 0. The Morgan fingerprint density at radius 1 is 1.37 bits per heavy atom. The SMILES string of the molecule is CC=C(C)C(=O)OC1C(C)=CC23C(=O)C(C=C(CO)C(O)C12O)C1C(C)C1CC3C. The van der Waals surface area contributed by atoms with Crippen molar-refractivity contribution in [3.63, 3.8) is 0 Å². The van der Waals surface area contributed by atoms with E-state index in [-0.39, 0.29) is 23.2 Å². The number of hydrogen-bond acceptors (Lipinski definition) is 6. The maximum Gasteiger partial charge on any atom is 0.334 e. The number of esters is 1. The van der Waals surface area contributed by atoms with Crippen LogP contribution in [0.3, 0.4) is 0 Å². The second-order valence-corrected chi connectivity index (χ2v) is 9.77. The zero-order valence-electron chi connectivity index (χ0n) is 18.3. The summed E-state index contributed by atoms with van der Waals surface area (Å²) in [5.74, 6) is -0.571. The maximum atomic E-state index is 14.0. The van der Waals surface area contributed by atoms with Crippen LogP contribution < -0.4 is 0 Å². The number of aliphatic hydroxyl groups is 3. The quantitative estimate of drug-likeness (QED) is 0.369. The summed E-state index contributed by atoms with van der Waals surface area (Å²) in [5.41, 5.74) is -2.30. The molecule has 6 nitrogen and oxygen atoms in total. The average Bonchev–Trinajstić information content (AvgIpc) is 3.31. The molecule has 4 aliphatic rings. The van der Waals surface area contributed by atoms with E-state index in [0.29, 0.717) is 23.0 Å². The van der Waals surface area contributed by atoms with Gasteiger partial charge in [0.05, 0.1) is 12.0 Å². The Hall–Kier alpha value is -1.76. The second kappa shape index (κ2) is 6.87. The summed E-state index contributed by atoms with van der Waals surface area (Å²) in [6.45, 7) is 8.65. The van der Waals surface area contributed by atoms with Crippen LogP contribution >= 0.6 is 0 Å². The molecule has 0 saturated heterocycles. The molecule has 0 aromatic rings. The fourth-order valence-corrected chi connectivity index (χ4v) is 6.55. The minimum atomic E-state index is -2.07. The highest BCUT2D eigenvalue weighted by molar-refractivity contribution is 5.95. The van der Waals surface area contributed by atoms with Crippen LogP contribution in [0.5, 0.6) is 0 Å². The Kier molecular flexibility index (Phi) is 4.92. The Morgan fingerprint density at radius 2 is 2.03 bits per heavy atom. The molecule has 0 amide bonds. The molecule has 2 bridgehead atoms. The summed E-state index contributed by atoms with van der Waals surface area (Å²) >= 11 is 0. The van der Waals surface area contributed by atoms with Gasteiger partial charge in [-0.3, -0.25) is 4.79 Å². The van der Waals surface area contributed by atoms with E-state index in [1.165, 1.54) is 0 Å². The van der Waals surface area contributed by atoms with E-state index in [4.69, 9.17) is 4.74 Å². The fraction of sp³-hybridized carbons (Fsp3) is 0.667. The van der Waals surface area contributed by atoms with E-state index < -0.39 is 41.7 Å². The molecule has 2 saturated carbocycles. The predicted octanol–water partition coefficient (Wildman–Crippen LogP) is 1.94. The van der Waals surface area contributed by atoms with Crippen LogP contribution in [-0.4, -0.2) is 51.5 Å². The maximum absolute atomic E-state index is 14.0. The largest absolute Gasteiger partial charge is 0.451 e. The summed E-state index contributed by atoms with van der Waals surface area (Å²) < 4.78 is 5.70. The van der Waals surface area contributed by atoms with E-state index in [0.717, 1.165) is 6.42 Å². The van der Waals surface area contributed by atoms with Gasteiger partial charge in [0.2, 0.25) is 0 Å². The molecule has 9 unspecified atom stereocenters. The number of allylic oxidation sites excluding steroid dienone is 2. The number of aliphatic hydroxyl groups excluding tert-OH is 2. The number of ether oxygens (including phenoxy) is 1. The van der Waals surface area contributed by atoms with Gasteiger partial charge in [-0.15, -0.1) is 0 Å². The third kappa shape index (κ3) is 2.47. The van der Waals surface area contributed by atoms with Crippen molar-refractivity contribution in [2.45, 2.75) is 58.8 Å². The number of Topliss-reactive ketones (excluding diaryl/α,β-unsaturated/α-hetero) is 1. The third-order valence-electron chi connectivity index (χ3n) is 8.42. The molecule has 2 fully saturated rings. The zero-order valence-corrected chi connectivity index (χ0v) is 18.3. The molecule has 1 spiro atoms. The number of ketones is 1. The summed E-state index contributed by atoms with van der Waals surface area (Å²) in [6.07, 6.45) is 3.07. The van der Waals surface area contributed by atoms with Crippen molar-refractivity contribution in [2.24, 2.45) is 35.0 Å².